The van der Waals surface area contributed by atoms with E-state index in [1.165, 1.54) is 17.9 Å². The Morgan fingerprint density at radius 1 is 1.29 bits per heavy atom. The van der Waals surface area contributed by atoms with Crippen molar-refractivity contribution in [3.63, 3.8) is 0 Å². The van der Waals surface area contributed by atoms with Crippen LogP contribution in [0.2, 0.25) is 5.02 Å². The molecule has 0 spiro atoms. The van der Waals surface area contributed by atoms with Crippen LogP contribution < -0.4 is 10.3 Å². The number of hydrogen-bond donors (Lipinski definition) is 0. The molecule has 0 radical (unpaired) electrons. The van der Waals surface area contributed by atoms with Crippen molar-refractivity contribution in [3.05, 3.63) is 57.7 Å². The third kappa shape index (κ3) is 4.15. The second-order valence-corrected chi connectivity index (χ2v) is 9.45. The Labute approximate surface area is 201 Å². The summed E-state index contributed by atoms with van der Waals surface area (Å²) in [6, 6.07) is 4.96. The number of methoxy groups -OCH3 is 1. The minimum atomic E-state index is -2.98. The number of pyridine rings is 2. The highest BCUT2D eigenvalue weighted by molar-refractivity contribution is 6.34. The van der Waals surface area contributed by atoms with Gasteiger partial charge in [-0.3, -0.25) is 14.6 Å². The molecule has 6 nitrogen and oxygen atoms in total. The molecule has 0 aliphatic carbocycles. The number of rotatable bonds is 4. The van der Waals surface area contributed by atoms with Crippen LogP contribution in [0.3, 0.4) is 0 Å². The molecule has 1 aromatic carbocycles. The van der Waals surface area contributed by atoms with Crippen LogP contribution in [0.15, 0.2) is 41.6 Å². The molecule has 3 heterocycles. The zero-order valence-electron chi connectivity index (χ0n) is 19.4. The van der Waals surface area contributed by atoms with Gasteiger partial charge in [-0.15, -0.1) is 0 Å². The first-order valence-electron chi connectivity index (χ1n) is 11.0. The number of hydrogen-bond acceptors (Lipinski definition) is 4. The minimum absolute atomic E-state index is 0.0440. The third-order valence-electron chi connectivity index (χ3n) is 6.53. The van der Waals surface area contributed by atoms with E-state index in [1.54, 1.807) is 51.5 Å². The maximum Gasteiger partial charge on any atom is 0.268 e. The largest absolute Gasteiger partial charge is 0.496 e. The monoisotopic (exact) mass is 489 g/mol. The zero-order chi connectivity index (χ0) is 24.8. The summed E-state index contributed by atoms with van der Waals surface area (Å²) < 4.78 is 36.4. The van der Waals surface area contributed by atoms with Crippen LogP contribution in [-0.2, 0) is 7.05 Å². The number of fused-ring (bicyclic) bond motifs is 1. The van der Waals surface area contributed by atoms with E-state index in [1.807, 2.05) is 0 Å². The number of carbonyl (C=O) groups excluding carboxylic acids is 1. The Balaban J connectivity index is 1.76. The first-order valence-corrected chi connectivity index (χ1v) is 11.4. The molecule has 1 unspecified atom stereocenters. The number of nitrogens with zero attached hydrogens (tertiary/aromatic N) is 3. The molecule has 0 saturated carbocycles. The van der Waals surface area contributed by atoms with Gasteiger partial charge in [0.1, 0.15) is 11.3 Å². The number of alkyl halides is 2. The van der Waals surface area contributed by atoms with Gasteiger partial charge in [-0.05, 0) is 41.5 Å². The van der Waals surface area contributed by atoms with Crippen molar-refractivity contribution >= 4 is 28.3 Å². The SMILES string of the molecule is COc1cc(-c2cn(C)c(=O)c3cnccc23)cc(Cl)c1C(=O)N1CCC(C(C)C)C(F)(F)C1. The third-order valence-corrected chi connectivity index (χ3v) is 6.83. The van der Waals surface area contributed by atoms with Crippen molar-refractivity contribution in [3.8, 4) is 16.9 Å². The lowest BCUT2D eigenvalue weighted by molar-refractivity contribution is -0.116. The predicted octanol–water partition coefficient (Wildman–Crippen LogP) is 5.02. The summed E-state index contributed by atoms with van der Waals surface area (Å²) in [5.74, 6) is -4.35. The van der Waals surface area contributed by atoms with E-state index in [-0.39, 0.29) is 40.8 Å². The summed E-state index contributed by atoms with van der Waals surface area (Å²) in [4.78, 5) is 31.0. The molecule has 1 amide bonds. The number of likely N-dealkylation sites (tertiary alicyclic amines) is 1. The molecule has 1 aliphatic heterocycles. The number of carbonyl (C=O) groups is 1. The van der Waals surface area contributed by atoms with Gasteiger partial charge in [-0.25, -0.2) is 8.78 Å². The molecule has 180 valence electrons. The van der Waals surface area contributed by atoms with Crippen LogP contribution in [0.5, 0.6) is 5.75 Å². The van der Waals surface area contributed by atoms with E-state index < -0.39 is 24.3 Å². The summed E-state index contributed by atoms with van der Waals surface area (Å²) in [6.07, 6.45) is 4.98. The number of aryl methyl sites for hydroxylation is 1. The van der Waals surface area contributed by atoms with Gasteiger partial charge < -0.3 is 14.2 Å². The summed E-state index contributed by atoms with van der Waals surface area (Å²) in [5, 5.41) is 1.20. The second-order valence-electron chi connectivity index (χ2n) is 9.04. The van der Waals surface area contributed by atoms with E-state index in [0.29, 0.717) is 21.9 Å². The van der Waals surface area contributed by atoms with Crippen LogP contribution in [0.4, 0.5) is 8.78 Å². The maximum absolute atomic E-state index is 14.7. The molecule has 1 aliphatic rings. The lowest BCUT2D eigenvalue weighted by Gasteiger charge is -2.40. The minimum Gasteiger partial charge on any atom is -0.496 e. The van der Waals surface area contributed by atoms with E-state index in [2.05, 4.69) is 4.98 Å². The first kappa shape index (κ1) is 24.1. The van der Waals surface area contributed by atoms with Crippen LogP contribution in [0.1, 0.15) is 30.6 Å². The number of benzene rings is 1. The highest BCUT2D eigenvalue weighted by atomic mass is 35.5. The molecule has 4 rings (SSSR count). The summed E-state index contributed by atoms with van der Waals surface area (Å²) in [7, 11) is 3.03. The predicted molar refractivity (Wildman–Crippen MR) is 128 cm³/mol. The van der Waals surface area contributed by atoms with E-state index >= 15 is 0 Å². The maximum atomic E-state index is 14.7. The molecule has 9 heteroatoms. The van der Waals surface area contributed by atoms with Gasteiger partial charge in [-0.2, -0.15) is 0 Å². The first-order chi connectivity index (χ1) is 16.0. The topological polar surface area (TPSA) is 64.4 Å². The van der Waals surface area contributed by atoms with E-state index in [9.17, 15) is 18.4 Å². The van der Waals surface area contributed by atoms with Crippen molar-refractivity contribution in [2.75, 3.05) is 20.2 Å². The standard InChI is InChI=1S/C25H26ClF2N3O3/c1-14(2)19-6-8-31(13-25(19,27)28)24(33)22-20(26)9-15(10-21(22)34-4)18-12-30(3)23(32)17-11-29-7-5-16(17)18/h5,7,9-12,14,19H,6,8,13H2,1-4H3. The lowest BCUT2D eigenvalue weighted by Crippen LogP contribution is -2.52. The highest BCUT2D eigenvalue weighted by Gasteiger charge is 2.47. The van der Waals surface area contributed by atoms with Crippen molar-refractivity contribution < 1.29 is 18.3 Å². The van der Waals surface area contributed by atoms with Crippen LogP contribution in [0, 0.1) is 11.8 Å². The van der Waals surface area contributed by atoms with Crippen molar-refractivity contribution in [2.45, 2.75) is 26.2 Å². The summed E-state index contributed by atoms with van der Waals surface area (Å²) in [5.41, 5.74) is 1.17. The highest BCUT2D eigenvalue weighted by Crippen LogP contribution is 2.40. The van der Waals surface area contributed by atoms with Crippen LogP contribution >= 0.6 is 11.6 Å². The average molecular weight is 490 g/mol. The fraction of sp³-hybridized carbons (Fsp3) is 0.400. The van der Waals surface area contributed by atoms with Gasteiger partial charge in [0, 0.05) is 43.7 Å². The smallest absolute Gasteiger partial charge is 0.268 e. The number of piperidine rings is 1. The number of halogens is 3. The second kappa shape index (κ2) is 8.98. The molecular formula is C25H26ClF2N3O3. The molecule has 0 bridgehead atoms. The normalized spacial score (nSPS) is 17.9. The number of ether oxygens (including phenoxy) is 1. The molecule has 1 fully saturated rings. The Bertz CT molecular complexity index is 1320. The molecule has 0 N–H and O–H groups in total. The molecular weight excluding hydrogens is 464 g/mol. The van der Waals surface area contributed by atoms with Crippen LogP contribution in [0.25, 0.3) is 21.9 Å². The van der Waals surface area contributed by atoms with Crippen molar-refractivity contribution in [1.82, 2.24) is 14.5 Å². The van der Waals surface area contributed by atoms with Gasteiger partial charge in [0.05, 0.1) is 24.1 Å². The number of amides is 1. The molecule has 1 atom stereocenters. The number of aromatic nitrogens is 2. The lowest BCUT2D eigenvalue weighted by atomic mass is 9.83. The Morgan fingerprint density at radius 2 is 2.03 bits per heavy atom. The van der Waals surface area contributed by atoms with Gasteiger partial charge >= 0.3 is 0 Å². The quantitative estimate of drug-likeness (QED) is 0.516. The van der Waals surface area contributed by atoms with Crippen molar-refractivity contribution in [2.24, 2.45) is 18.9 Å². The molecule has 34 heavy (non-hydrogen) atoms. The van der Waals surface area contributed by atoms with Gasteiger partial charge in [0.25, 0.3) is 17.4 Å². The summed E-state index contributed by atoms with van der Waals surface area (Å²) >= 11 is 6.55. The molecule has 2 aromatic heterocycles. The molecule has 1 saturated heterocycles. The fourth-order valence-corrected chi connectivity index (χ4v) is 5.05. The van der Waals surface area contributed by atoms with Gasteiger partial charge in [0.2, 0.25) is 0 Å². The summed E-state index contributed by atoms with van der Waals surface area (Å²) in [6.45, 7) is 3.10. The van der Waals surface area contributed by atoms with Gasteiger partial charge in [0.15, 0.2) is 0 Å². The fourth-order valence-electron chi connectivity index (χ4n) is 4.76. The van der Waals surface area contributed by atoms with Crippen LogP contribution in [-0.4, -0.2) is 46.5 Å². The van der Waals surface area contributed by atoms with Crippen molar-refractivity contribution in [1.29, 1.82) is 0 Å². The zero-order valence-corrected chi connectivity index (χ0v) is 20.2. The Hall–Kier alpha value is -3.00. The van der Waals surface area contributed by atoms with Gasteiger partial charge in [-0.1, -0.05) is 25.4 Å². The Morgan fingerprint density at radius 3 is 2.68 bits per heavy atom. The Kier molecular flexibility index (Phi) is 6.38. The van der Waals surface area contributed by atoms with E-state index in [0.717, 1.165) is 4.90 Å². The molecule has 3 aromatic rings. The average Bonchev–Trinajstić information content (AvgIpc) is 2.79. The van der Waals surface area contributed by atoms with E-state index in [4.69, 9.17) is 16.3 Å².